The van der Waals surface area contributed by atoms with Crippen LogP contribution >= 0.6 is 12.4 Å². The minimum Gasteiger partial charge on any atom is -0.327 e. The Morgan fingerprint density at radius 1 is 1.32 bits per heavy atom. The van der Waals surface area contributed by atoms with Crippen molar-refractivity contribution in [2.45, 2.75) is 66.0 Å². The fraction of sp³-hybridized carbons (Fsp3) is 0.650. The minimum absolute atomic E-state index is 0. The van der Waals surface area contributed by atoms with Crippen LogP contribution < -0.4 is 11.1 Å². The number of aryl methyl sites for hydroxylation is 2. The molecule has 0 aromatic heterocycles. The molecule has 0 radical (unpaired) electrons. The van der Waals surface area contributed by atoms with Gasteiger partial charge in [-0.25, -0.2) is 0 Å². The van der Waals surface area contributed by atoms with Gasteiger partial charge in [0.05, 0.1) is 6.04 Å². The zero-order chi connectivity index (χ0) is 17.9. The Balaban J connectivity index is 0.00000312. The Morgan fingerprint density at radius 2 is 1.88 bits per heavy atom. The molecule has 2 rings (SSSR count). The molecule has 1 saturated heterocycles. The van der Waals surface area contributed by atoms with Crippen LogP contribution in [-0.2, 0) is 17.6 Å². The summed E-state index contributed by atoms with van der Waals surface area (Å²) in [5.74, 6) is 0.0804. The van der Waals surface area contributed by atoms with Crippen molar-refractivity contribution in [3.05, 3.63) is 29.3 Å². The molecule has 0 saturated carbocycles. The van der Waals surface area contributed by atoms with E-state index in [-0.39, 0.29) is 35.8 Å². The molecule has 4 nitrogen and oxygen atoms in total. The molecule has 3 N–H and O–H groups in total. The predicted molar refractivity (Wildman–Crippen MR) is 108 cm³/mol. The van der Waals surface area contributed by atoms with E-state index < -0.39 is 0 Å². The number of hydrogen-bond donors (Lipinski definition) is 2. The van der Waals surface area contributed by atoms with E-state index in [9.17, 15) is 4.79 Å². The zero-order valence-electron chi connectivity index (χ0n) is 16.3. The molecule has 1 aliphatic heterocycles. The minimum atomic E-state index is -0.147. The molecule has 5 heteroatoms. The first-order valence-corrected chi connectivity index (χ1v) is 9.21. The smallest absolute Gasteiger partial charge is 0.241 e. The highest BCUT2D eigenvalue weighted by Crippen LogP contribution is 2.29. The van der Waals surface area contributed by atoms with Crippen LogP contribution in [0.2, 0.25) is 0 Å². The van der Waals surface area contributed by atoms with Crippen LogP contribution in [0.15, 0.2) is 18.2 Å². The first-order chi connectivity index (χ1) is 11.3. The summed E-state index contributed by atoms with van der Waals surface area (Å²) >= 11 is 0. The molecule has 1 heterocycles. The van der Waals surface area contributed by atoms with E-state index in [0.717, 1.165) is 38.0 Å². The van der Waals surface area contributed by atoms with Gasteiger partial charge in [0.25, 0.3) is 0 Å². The first-order valence-electron chi connectivity index (χ1n) is 9.21. The largest absolute Gasteiger partial charge is 0.327 e. The Hall–Kier alpha value is -1.10. The van der Waals surface area contributed by atoms with E-state index in [1.165, 1.54) is 11.1 Å². The molecule has 0 bridgehead atoms. The highest BCUT2D eigenvalue weighted by atomic mass is 35.5. The standard InChI is InChI=1S/C20H33N3O.ClH/c1-6-15-9-8-10-16(7-2)18(15)22-19(24)14(3)23-12-11-17(21)20(4,5)13-23;/h8-10,14,17H,6-7,11-13,21H2,1-5H3,(H,22,24);1H. The quantitative estimate of drug-likeness (QED) is 0.835. The Labute approximate surface area is 158 Å². The normalized spacial score (nSPS) is 21.3. The van der Waals surface area contributed by atoms with E-state index in [0.29, 0.717) is 0 Å². The molecule has 1 aliphatic rings. The van der Waals surface area contributed by atoms with Gasteiger partial charge in [-0.1, -0.05) is 45.9 Å². The number of piperidine rings is 1. The van der Waals surface area contributed by atoms with Crippen molar-refractivity contribution in [2.24, 2.45) is 11.1 Å². The molecule has 0 aliphatic carbocycles. The number of nitrogens with one attached hydrogen (secondary N) is 1. The van der Waals surface area contributed by atoms with Crippen LogP contribution in [0.3, 0.4) is 0 Å². The fourth-order valence-corrected chi connectivity index (χ4v) is 3.54. The summed E-state index contributed by atoms with van der Waals surface area (Å²) in [6.45, 7) is 12.4. The van der Waals surface area contributed by atoms with Gasteiger partial charge in [0, 0.05) is 24.8 Å². The van der Waals surface area contributed by atoms with Gasteiger partial charge in [-0.3, -0.25) is 9.69 Å². The van der Waals surface area contributed by atoms with Crippen LogP contribution in [0, 0.1) is 5.41 Å². The SMILES string of the molecule is CCc1cccc(CC)c1NC(=O)C(C)N1CCC(N)C(C)(C)C1.Cl. The maximum atomic E-state index is 12.9. The van der Waals surface area contributed by atoms with Crippen LogP contribution in [0.1, 0.15) is 52.2 Å². The monoisotopic (exact) mass is 367 g/mol. The van der Waals surface area contributed by atoms with E-state index in [4.69, 9.17) is 5.73 Å². The number of carbonyl (C=O) groups is 1. The second-order valence-electron chi connectivity index (χ2n) is 7.68. The number of nitrogens with two attached hydrogens (primary N) is 1. The third-order valence-corrected chi connectivity index (χ3v) is 5.52. The Kier molecular flexibility index (Phi) is 7.91. The predicted octanol–water partition coefficient (Wildman–Crippen LogP) is 3.62. The maximum Gasteiger partial charge on any atom is 0.241 e. The summed E-state index contributed by atoms with van der Waals surface area (Å²) in [6.07, 6.45) is 2.78. The average molecular weight is 368 g/mol. The van der Waals surface area contributed by atoms with E-state index >= 15 is 0 Å². The van der Waals surface area contributed by atoms with Gasteiger partial charge in [-0.05, 0) is 42.7 Å². The highest BCUT2D eigenvalue weighted by Gasteiger charge is 2.36. The fourth-order valence-electron chi connectivity index (χ4n) is 3.54. The Bertz CT molecular complexity index is 566. The average Bonchev–Trinajstić information content (AvgIpc) is 2.56. The number of benzene rings is 1. The third-order valence-electron chi connectivity index (χ3n) is 5.52. The topological polar surface area (TPSA) is 58.4 Å². The van der Waals surface area contributed by atoms with Gasteiger partial charge >= 0.3 is 0 Å². The summed E-state index contributed by atoms with van der Waals surface area (Å²) < 4.78 is 0. The third kappa shape index (κ3) is 4.96. The molecule has 142 valence electrons. The second-order valence-corrected chi connectivity index (χ2v) is 7.68. The van der Waals surface area contributed by atoms with E-state index in [2.05, 4.69) is 56.1 Å². The number of amides is 1. The molecule has 1 amide bonds. The number of carbonyl (C=O) groups excluding carboxylic acids is 1. The molecule has 1 aromatic rings. The van der Waals surface area contributed by atoms with Crippen molar-refractivity contribution >= 4 is 24.0 Å². The summed E-state index contributed by atoms with van der Waals surface area (Å²) in [7, 11) is 0. The van der Waals surface area contributed by atoms with Crippen molar-refractivity contribution in [3.63, 3.8) is 0 Å². The molecule has 2 unspecified atom stereocenters. The van der Waals surface area contributed by atoms with Crippen molar-refractivity contribution in [1.29, 1.82) is 0 Å². The Morgan fingerprint density at radius 3 is 2.36 bits per heavy atom. The first kappa shape index (κ1) is 21.9. The number of likely N-dealkylation sites (tertiary alicyclic amines) is 1. The molecular formula is C20H34ClN3O. The lowest BCUT2D eigenvalue weighted by Gasteiger charge is -2.44. The maximum absolute atomic E-state index is 12.9. The molecule has 1 aromatic carbocycles. The zero-order valence-corrected chi connectivity index (χ0v) is 17.1. The number of hydrogen-bond acceptors (Lipinski definition) is 3. The van der Waals surface area contributed by atoms with Crippen molar-refractivity contribution in [2.75, 3.05) is 18.4 Å². The highest BCUT2D eigenvalue weighted by molar-refractivity contribution is 5.96. The molecule has 0 spiro atoms. The number of halogens is 1. The summed E-state index contributed by atoms with van der Waals surface area (Å²) in [4.78, 5) is 15.1. The van der Waals surface area contributed by atoms with Crippen LogP contribution in [0.4, 0.5) is 5.69 Å². The summed E-state index contributed by atoms with van der Waals surface area (Å²) in [5, 5.41) is 3.20. The van der Waals surface area contributed by atoms with Gasteiger partial charge in [-0.2, -0.15) is 0 Å². The lowest BCUT2D eigenvalue weighted by atomic mass is 9.79. The van der Waals surface area contributed by atoms with Crippen molar-refractivity contribution in [3.8, 4) is 0 Å². The van der Waals surface area contributed by atoms with Crippen molar-refractivity contribution < 1.29 is 4.79 Å². The number of anilines is 1. The van der Waals surface area contributed by atoms with E-state index in [1.54, 1.807) is 0 Å². The van der Waals surface area contributed by atoms with Gasteiger partial charge in [0.15, 0.2) is 0 Å². The summed E-state index contributed by atoms with van der Waals surface area (Å²) in [6, 6.07) is 6.33. The number of rotatable bonds is 5. The summed E-state index contributed by atoms with van der Waals surface area (Å²) in [5.41, 5.74) is 9.68. The number of nitrogens with zero attached hydrogens (tertiary/aromatic N) is 1. The van der Waals surface area contributed by atoms with Crippen LogP contribution in [0.5, 0.6) is 0 Å². The van der Waals surface area contributed by atoms with Crippen LogP contribution in [0.25, 0.3) is 0 Å². The molecule has 2 atom stereocenters. The van der Waals surface area contributed by atoms with Gasteiger partial charge in [-0.15, -0.1) is 12.4 Å². The van der Waals surface area contributed by atoms with Gasteiger partial charge in [0.1, 0.15) is 0 Å². The number of para-hydroxylation sites is 1. The lowest BCUT2D eigenvalue weighted by molar-refractivity contribution is -0.122. The van der Waals surface area contributed by atoms with Crippen LogP contribution in [-0.4, -0.2) is 36.0 Å². The van der Waals surface area contributed by atoms with Gasteiger partial charge < -0.3 is 11.1 Å². The van der Waals surface area contributed by atoms with Crippen molar-refractivity contribution in [1.82, 2.24) is 4.90 Å². The lowest BCUT2D eigenvalue weighted by Crippen LogP contribution is -2.56. The second kappa shape index (κ2) is 9.02. The molecule has 1 fully saturated rings. The molecule has 25 heavy (non-hydrogen) atoms. The molecular weight excluding hydrogens is 334 g/mol. The van der Waals surface area contributed by atoms with Gasteiger partial charge in [0.2, 0.25) is 5.91 Å². The van der Waals surface area contributed by atoms with E-state index in [1.807, 2.05) is 6.92 Å².